The molecule has 224 valence electrons. The van der Waals surface area contributed by atoms with Crippen molar-refractivity contribution in [2.24, 2.45) is 0 Å². The summed E-state index contributed by atoms with van der Waals surface area (Å²) in [5.41, 5.74) is 5.21. The first-order valence-corrected chi connectivity index (χ1v) is 14.5. The second kappa shape index (κ2) is 12.7. The Balaban J connectivity index is 1.38. The lowest BCUT2D eigenvalue weighted by molar-refractivity contribution is -0.136. The van der Waals surface area contributed by atoms with Crippen LogP contribution in [-0.4, -0.2) is 54.1 Å². The van der Waals surface area contributed by atoms with Crippen molar-refractivity contribution in [3.63, 3.8) is 0 Å². The van der Waals surface area contributed by atoms with E-state index in [2.05, 4.69) is 20.5 Å². The predicted octanol–water partition coefficient (Wildman–Crippen LogP) is 5.67. The molecule has 45 heavy (non-hydrogen) atoms. The smallest absolute Gasteiger partial charge is 0.247 e. The molecule has 11 heteroatoms. The van der Waals surface area contributed by atoms with Crippen LogP contribution in [0.3, 0.4) is 0 Å². The third-order valence-corrected chi connectivity index (χ3v) is 8.13. The summed E-state index contributed by atoms with van der Waals surface area (Å²) >= 11 is 6.07. The first kappa shape index (κ1) is 29.7. The van der Waals surface area contributed by atoms with Crippen molar-refractivity contribution in [1.29, 1.82) is 0 Å². The van der Waals surface area contributed by atoms with E-state index < -0.39 is 17.8 Å². The molecule has 1 atom stereocenters. The molecule has 0 radical (unpaired) electrons. The number of carbonyl (C=O) groups is 3. The monoisotopic (exact) mass is 620 g/mol. The molecule has 1 aliphatic rings. The average molecular weight is 621 g/mol. The van der Waals surface area contributed by atoms with Gasteiger partial charge in [0.05, 0.1) is 10.7 Å². The van der Waals surface area contributed by atoms with E-state index in [1.807, 2.05) is 30.3 Å². The molecule has 6 rings (SSSR count). The van der Waals surface area contributed by atoms with Crippen LogP contribution in [0, 0.1) is 5.82 Å². The van der Waals surface area contributed by atoms with Crippen LogP contribution >= 0.6 is 11.6 Å². The molecule has 9 nitrogen and oxygen atoms in total. The molecule has 3 heterocycles. The van der Waals surface area contributed by atoms with Crippen LogP contribution in [-0.2, 0) is 22.4 Å². The van der Waals surface area contributed by atoms with Gasteiger partial charge in [-0.15, -0.1) is 5.10 Å². The molecular weight excluding hydrogens is 595 g/mol. The molecular formula is C34H26ClFN6O3. The Kier molecular flexibility index (Phi) is 8.39. The molecule has 0 fully saturated rings. The molecule has 0 spiro atoms. The van der Waals surface area contributed by atoms with Crippen molar-refractivity contribution < 1.29 is 18.8 Å². The minimum absolute atomic E-state index is 0.0222. The number of ketones is 2. The topological polar surface area (TPSA) is 111 Å². The van der Waals surface area contributed by atoms with Gasteiger partial charge < -0.3 is 4.90 Å². The number of amides is 1. The largest absolute Gasteiger partial charge is 0.325 e. The highest BCUT2D eigenvalue weighted by molar-refractivity contribution is 6.31. The fraction of sp³-hybridized carbons (Fsp3) is 0.147. The highest BCUT2D eigenvalue weighted by Crippen LogP contribution is 2.37. The van der Waals surface area contributed by atoms with E-state index in [4.69, 9.17) is 11.6 Å². The summed E-state index contributed by atoms with van der Waals surface area (Å²) < 4.78 is 16.5. The number of nitrogens with zero attached hydrogens (tertiary/aromatic N) is 6. The van der Waals surface area contributed by atoms with Crippen LogP contribution in [0.1, 0.15) is 45.6 Å². The van der Waals surface area contributed by atoms with Gasteiger partial charge in [-0.2, -0.15) is 4.68 Å². The summed E-state index contributed by atoms with van der Waals surface area (Å²) in [4.78, 5) is 45.3. The Morgan fingerprint density at radius 3 is 2.51 bits per heavy atom. The zero-order chi connectivity index (χ0) is 31.5. The summed E-state index contributed by atoms with van der Waals surface area (Å²) in [7, 11) is 0. The van der Waals surface area contributed by atoms with Crippen molar-refractivity contribution in [2.75, 3.05) is 6.54 Å². The Labute approximate surface area is 263 Å². The third kappa shape index (κ3) is 6.05. The van der Waals surface area contributed by atoms with Gasteiger partial charge in [-0.3, -0.25) is 19.4 Å². The molecule has 0 aliphatic carbocycles. The SMILES string of the molecule is CC(=O)c1ccc(CC(=O)C2c3cccc(-c4ccncc4)c3CCN2C(=O)/C=C/c2c(-n3cnnn3)ccc(Cl)c2F)cc1. The van der Waals surface area contributed by atoms with Gasteiger partial charge in [0.2, 0.25) is 5.91 Å². The lowest BCUT2D eigenvalue weighted by atomic mass is 9.84. The van der Waals surface area contributed by atoms with Crippen LogP contribution in [0.15, 0.2) is 91.5 Å². The van der Waals surface area contributed by atoms with Gasteiger partial charge >= 0.3 is 0 Å². The number of pyridine rings is 1. The Hall–Kier alpha value is -5.35. The predicted molar refractivity (Wildman–Crippen MR) is 166 cm³/mol. The molecule has 2 aromatic heterocycles. The van der Waals surface area contributed by atoms with Gasteiger partial charge in [-0.25, -0.2) is 4.39 Å². The van der Waals surface area contributed by atoms with E-state index >= 15 is 4.39 Å². The van der Waals surface area contributed by atoms with E-state index in [0.717, 1.165) is 27.8 Å². The fourth-order valence-electron chi connectivity index (χ4n) is 5.65. The summed E-state index contributed by atoms with van der Waals surface area (Å²) in [5, 5.41) is 10.9. The molecule has 1 aliphatic heterocycles. The van der Waals surface area contributed by atoms with Crippen molar-refractivity contribution >= 4 is 35.2 Å². The van der Waals surface area contributed by atoms with Crippen LogP contribution in [0.4, 0.5) is 4.39 Å². The number of carbonyl (C=O) groups excluding carboxylic acids is 3. The fourth-order valence-corrected chi connectivity index (χ4v) is 5.81. The first-order chi connectivity index (χ1) is 21.8. The maximum absolute atomic E-state index is 15.2. The van der Waals surface area contributed by atoms with E-state index in [1.165, 1.54) is 41.1 Å². The molecule has 0 saturated heterocycles. The van der Waals surface area contributed by atoms with Crippen LogP contribution < -0.4 is 0 Å². The Morgan fingerprint density at radius 2 is 1.80 bits per heavy atom. The second-order valence-electron chi connectivity index (χ2n) is 10.6. The number of tetrazole rings is 1. The molecule has 0 saturated carbocycles. The van der Waals surface area contributed by atoms with Crippen LogP contribution in [0.25, 0.3) is 22.9 Å². The van der Waals surface area contributed by atoms with E-state index in [9.17, 15) is 14.4 Å². The van der Waals surface area contributed by atoms with Gasteiger partial charge in [0.15, 0.2) is 17.4 Å². The molecule has 5 aromatic rings. The normalized spacial score (nSPS) is 14.4. The Bertz CT molecular complexity index is 1930. The zero-order valence-corrected chi connectivity index (χ0v) is 24.9. The van der Waals surface area contributed by atoms with Crippen molar-refractivity contribution in [2.45, 2.75) is 25.8 Å². The van der Waals surface area contributed by atoms with Gasteiger partial charge in [-0.1, -0.05) is 54.1 Å². The standard InChI is InChI=1S/C34H26ClFN6O3/c1-21(43)23-7-5-22(6-8-23)19-31(44)34-27-4-2-3-25(24-13-16-37-17-14-24)26(27)15-18-41(34)32(45)12-9-28-30(42-20-38-39-40-42)11-10-29(35)33(28)36/h2-14,16-17,20,34H,15,18-19H2,1H3/b12-9+. The van der Waals surface area contributed by atoms with Gasteiger partial charge in [-0.05, 0) is 81.9 Å². The number of aromatic nitrogens is 5. The minimum Gasteiger partial charge on any atom is -0.325 e. The molecule has 1 amide bonds. The number of benzene rings is 3. The average Bonchev–Trinajstić information content (AvgIpc) is 3.60. The summed E-state index contributed by atoms with van der Waals surface area (Å²) in [6, 6.07) is 18.5. The lowest BCUT2D eigenvalue weighted by Gasteiger charge is -2.37. The number of fused-ring (bicyclic) bond motifs is 1. The maximum atomic E-state index is 15.2. The number of Topliss-reactive ketones (excluding diaryl/α,β-unsaturated/α-hetero) is 2. The summed E-state index contributed by atoms with van der Waals surface area (Å²) in [6.07, 6.45) is 7.84. The number of halogens is 2. The molecule has 0 bridgehead atoms. The second-order valence-corrected chi connectivity index (χ2v) is 11.0. The maximum Gasteiger partial charge on any atom is 0.247 e. The lowest BCUT2D eigenvalue weighted by Crippen LogP contribution is -2.43. The first-order valence-electron chi connectivity index (χ1n) is 14.2. The van der Waals surface area contributed by atoms with Crippen LogP contribution in [0.2, 0.25) is 5.02 Å². The zero-order valence-electron chi connectivity index (χ0n) is 24.1. The highest BCUT2D eigenvalue weighted by atomic mass is 35.5. The molecule has 1 unspecified atom stereocenters. The summed E-state index contributed by atoms with van der Waals surface area (Å²) in [5.74, 6) is -1.47. The third-order valence-electron chi connectivity index (χ3n) is 7.84. The van der Waals surface area contributed by atoms with Crippen molar-refractivity contribution in [3.05, 3.63) is 130 Å². The summed E-state index contributed by atoms with van der Waals surface area (Å²) in [6.45, 7) is 1.74. The van der Waals surface area contributed by atoms with Gasteiger partial charge in [0.1, 0.15) is 12.4 Å². The number of rotatable bonds is 8. The van der Waals surface area contributed by atoms with Crippen molar-refractivity contribution in [3.8, 4) is 16.8 Å². The van der Waals surface area contributed by atoms with Crippen LogP contribution in [0.5, 0.6) is 0 Å². The van der Waals surface area contributed by atoms with E-state index in [1.54, 1.807) is 42.7 Å². The number of hydrogen-bond acceptors (Lipinski definition) is 7. The highest BCUT2D eigenvalue weighted by Gasteiger charge is 2.36. The molecule has 3 aromatic carbocycles. The van der Waals surface area contributed by atoms with Gasteiger partial charge in [0, 0.05) is 42.6 Å². The Morgan fingerprint density at radius 1 is 1.02 bits per heavy atom. The van der Waals surface area contributed by atoms with Gasteiger partial charge in [0.25, 0.3) is 0 Å². The minimum atomic E-state index is -0.900. The van der Waals surface area contributed by atoms with Crippen molar-refractivity contribution in [1.82, 2.24) is 30.1 Å². The van der Waals surface area contributed by atoms with E-state index in [0.29, 0.717) is 17.7 Å². The molecule has 0 N–H and O–H groups in total. The van der Waals surface area contributed by atoms with E-state index in [-0.39, 0.29) is 35.1 Å². The quantitative estimate of drug-likeness (QED) is 0.162. The number of hydrogen-bond donors (Lipinski definition) is 0.